The first-order valence-electron chi connectivity index (χ1n) is 5.81. The monoisotopic (exact) mass is 257 g/mol. The van der Waals surface area contributed by atoms with E-state index < -0.39 is 0 Å². The summed E-state index contributed by atoms with van der Waals surface area (Å²) in [6.07, 6.45) is 3.17. The number of rotatable bonds is 4. The van der Waals surface area contributed by atoms with Crippen molar-refractivity contribution in [3.8, 4) is 5.75 Å². The maximum atomic E-state index is 11.8. The zero-order valence-electron chi connectivity index (χ0n) is 10.6. The second-order valence-electron chi connectivity index (χ2n) is 3.99. The zero-order chi connectivity index (χ0) is 13.7. The highest BCUT2D eigenvalue weighted by molar-refractivity contribution is 5.93. The average Bonchev–Trinajstić information content (AvgIpc) is 2.46. The largest absolute Gasteiger partial charge is 0.495 e. The first kappa shape index (κ1) is 12.9. The van der Waals surface area contributed by atoms with Crippen LogP contribution in [0.4, 0.5) is 5.69 Å². The lowest BCUT2D eigenvalue weighted by Gasteiger charge is -2.08. The van der Waals surface area contributed by atoms with Crippen molar-refractivity contribution in [1.82, 2.24) is 10.3 Å². The number of nitrogens with two attached hydrogens (primary N) is 1. The molecule has 0 saturated carbocycles. The third kappa shape index (κ3) is 3.22. The van der Waals surface area contributed by atoms with Crippen LogP contribution >= 0.6 is 0 Å². The van der Waals surface area contributed by atoms with Crippen LogP contribution in [0.1, 0.15) is 15.9 Å². The van der Waals surface area contributed by atoms with E-state index in [1.54, 1.807) is 43.8 Å². The number of nitrogen functional groups attached to an aromatic ring is 1. The number of ether oxygens (including phenoxy) is 1. The Hall–Kier alpha value is -2.56. The fourth-order valence-corrected chi connectivity index (χ4v) is 1.68. The van der Waals surface area contributed by atoms with Gasteiger partial charge in [0.2, 0.25) is 0 Å². The fraction of sp³-hybridized carbons (Fsp3) is 0.143. The SMILES string of the molecule is COc1ccc(CNC(=O)c2ccncc2)cc1N. The van der Waals surface area contributed by atoms with Gasteiger partial charge in [0.15, 0.2) is 0 Å². The molecule has 0 radical (unpaired) electrons. The molecule has 0 atom stereocenters. The molecule has 0 aliphatic carbocycles. The number of carbonyl (C=O) groups is 1. The molecule has 19 heavy (non-hydrogen) atoms. The van der Waals surface area contributed by atoms with E-state index >= 15 is 0 Å². The van der Waals surface area contributed by atoms with E-state index in [9.17, 15) is 4.79 Å². The Balaban J connectivity index is 1.99. The van der Waals surface area contributed by atoms with Crippen LogP contribution < -0.4 is 15.8 Å². The maximum Gasteiger partial charge on any atom is 0.251 e. The lowest BCUT2D eigenvalue weighted by molar-refractivity contribution is 0.0951. The van der Waals surface area contributed by atoms with Gasteiger partial charge >= 0.3 is 0 Å². The second kappa shape index (κ2) is 5.86. The molecule has 1 aromatic heterocycles. The van der Waals surface area contributed by atoms with Gasteiger partial charge in [0, 0.05) is 24.5 Å². The van der Waals surface area contributed by atoms with Crippen molar-refractivity contribution in [3.05, 3.63) is 53.9 Å². The molecular weight excluding hydrogens is 242 g/mol. The fourth-order valence-electron chi connectivity index (χ4n) is 1.68. The van der Waals surface area contributed by atoms with E-state index in [-0.39, 0.29) is 5.91 Å². The van der Waals surface area contributed by atoms with Gasteiger partial charge in [0.25, 0.3) is 5.91 Å². The van der Waals surface area contributed by atoms with Crippen LogP contribution in [-0.2, 0) is 6.54 Å². The number of nitrogens with one attached hydrogen (secondary N) is 1. The number of pyridine rings is 1. The van der Waals surface area contributed by atoms with Crippen LogP contribution in [-0.4, -0.2) is 18.0 Å². The van der Waals surface area contributed by atoms with Crippen molar-refractivity contribution in [1.29, 1.82) is 0 Å². The van der Waals surface area contributed by atoms with Gasteiger partial charge in [0.1, 0.15) is 5.75 Å². The quantitative estimate of drug-likeness (QED) is 0.816. The van der Waals surface area contributed by atoms with Gasteiger partial charge in [-0.05, 0) is 29.8 Å². The minimum absolute atomic E-state index is 0.142. The first-order chi connectivity index (χ1) is 9.20. The summed E-state index contributed by atoms with van der Waals surface area (Å²) in [4.78, 5) is 15.7. The summed E-state index contributed by atoms with van der Waals surface area (Å²) >= 11 is 0. The molecule has 0 fully saturated rings. The smallest absolute Gasteiger partial charge is 0.251 e. The number of anilines is 1. The van der Waals surface area contributed by atoms with Crippen molar-refractivity contribution in [3.63, 3.8) is 0 Å². The Morgan fingerprint density at radius 2 is 2.05 bits per heavy atom. The van der Waals surface area contributed by atoms with Gasteiger partial charge < -0.3 is 15.8 Å². The van der Waals surface area contributed by atoms with Crippen molar-refractivity contribution in [2.75, 3.05) is 12.8 Å². The number of aromatic nitrogens is 1. The van der Waals surface area contributed by atoms with Crippen LogP contribution in [0, 0.1) is 0 Å². The second-order valence-corrected chi connectivity index (χ2v) is 3.99. The van der Waals surface area contributed by atoms with Gasteiger partial charge in [-0.25, -0.2) is 0 Å². The van der Waals surface area contributed by atoms with E-state index in [1.165, 1.54) is 0 Å². The molecule has 2 aromatic rings. The number of amides is 1. The molecule has 5 nitrogen and oxygen atoms in total. The maximum absolute atomic E-state index is 11.8. The highest BCUT2D eigenvalue weighted by atomic mass is 16.5. The Morgan fingerprint density at radius 1 is 1.32 bits per heavy atom. The number of benzene rings is 1. The Kier molecular flexibility index (Phi) is 3.97. The van der Waals surface area contributed by atoms with Gasteiger partial charge in [-0.1, -0.05) is 6.07 Å². The molecule has 98 valence electrons. The molecule has 1 amide bonds. The van der Waals surface area contributed by atoms with Crippen molar-refractivity contribution in [2.45, 2.75) is 6.54 Å². The Bertz CT molecular complexity index is 570. The van der Waals surface area contributed by atoms with E-state index in [4.69, 9.17) is 10.5 Å². The molecule has 1 aromatic carbocycles. The first-order valence-corrected chi connectivity index (χ1v) is 5.81. The molecule has 0 spiro atoms. The summed E-state index contributed by atoms with van der Waals surface area (Å²) in [5.41, 5.74) is 7.85. The van der Waals surface area contributed by atoms with Gasteiger partial charge in [-0.2, -0.15) is 0 Å². The van der Waals surface area contributed by atoms with Crippen LogP contribution in [0.25, 0.3) is 0 Å². The lowest BCUT2D eigenvalue weighted by Crippen LogP contribution is -2.22. The standard InChI is InChI=1S/C14H15N3O2/c1-19-13-3-2-10(8-12(13)15)9-17-14(18)11-4-6-16-7-5-11/h2-8H,9,15H2,1H3,(H,17,18). The number of nitrogens with zero attached hydrogens (tertiary/aromatic N) is 1. The molecule has 2 rings (SSSR count). The predicted molar refractivity (Wildman–Crippen MR) is 72.8 cm³/mol. The van der Waals surface area contributed by atoms with E-state index in [2.05, 4.69) is 10.3 Å². The van der Waals surface area contributed by atoms with Crippen LogP contribution in [0.15, 0.2) is 42.7 Å². The van der Waals surface area contributed by atoms with Crippen molar-refractivity contribution in [2.24, 2.45) is 0 Å². The minimum atomic E-state index is -0.142. The van der Waals surface area contributed by atoms with Crippen LogP contribution in [0.2, 0.25) is 0 Å². The average molecular weight is 257 g/mol. The van der Waals surface area contributed by atoms with Gasteiger partial charge in [-0.15, -0.1) is 0 Å². The van der Waals surface area contributed by atoms with E-state index in [1.807, 2.05) is 6.07 Å². The molecule has 0 bridgehead atoms. The third-order valence-electron chi connectivity index (χ3n) is 2.69. The molecule has 0 aliphatic rings. The molecule has 0 unspecified atom stereocenters. The predicted octanol–water partition coefficient (Wildman–Crippen LogP) is 1.60. The molecule has 0 saturated heterocycles. The van der Waals surface area contributed by atoms with Gasteiger partial charge in [0.05, 0.1) is 12.8 Å². The third-order valence-corrected chi connectivity index (χ3v) is 2.69. The molecule has 5 heteroatoms. The number of hydrogen-bond donors (Lipinski definition) is 2. The normalized spacial score (nSPS) is 9.95. The van der Waals surface area contributed by atoms with E-state index in [0.29, 0.717) is 23.5 Å². The van der Waals surface area contributed by atoms with Crippen molar-refractivity contribution < 1.29 is 9.53 Å². The summed E-state index contributed by atoms with van der Waals surface area (Å²) in [7, 11) is 1.57. The van der Waals surface area contributed by atoms with Crippen LogP contribution in [0.5, 0.6) is 5.75 Å². The number of hydrogen-bond acceptors (Lipinski definition) is 4. The molecular formula is C14H15N3O2. The zero-order valence-corrected chi connectivity index (χ0v) is 10.6. The Morgan fingerprint density at radius 3 is 2.68 bits per heavy atom. The minimum Gasteiger partial charge on any atom is -0.495 e. The summed E-state index contributed by atoms with van der Waals surface area (Å²) in [5, 5.41) is 2.82. The highest BCUT2D eigenvalue weighted by Gasteiger charge is 2.05. The lowest BCUT2D eigenvalue weighted by atomic mass is 10.2. The summed E-state index contributed by atoms with van der Waals surface area (Å²) in [6, 6.07) is 8.76. The van der Waals surface area contributed by atoms with Gasteiger partial charge in [-0.3, -0.25) is 9.78 Å². The topological polar surface area (TPSA) is 77.2 Å². The summed E-state index contributed by atoms with van der Waals surface area (Å²) in [6.45, 7) is 0.412. The number of methoxy groups -OCH3 is 1. The molecule has 3 N–H and O–H groups in total. The molecule has 1 heterocycles. The molecule has 0 aliphatic heterocycles. The van der Waals surface area contributed by atoms with E-state index in [0.717, 1.165) is 5.56 Å². The van der Waals surface area contributed by atoms with Crippen LogP contribution in [0.3, 0.4) is 0 Å². The summed E-state index contributed by atoms with van der Waals surface area (Å²) < 4.78 is 5.08. The number of carbonyl (C=O) groups excluding carboxylic acids is 1. The summed E-state index contributed by atoms with van der Waals surface area (Å²) in [5.74, 6) is 0.487. The van der Waals surface area contributed by atoms with Crippen molar-refractivity contribution >= 4 is 11.6 Å². The highest BCUT2D eigenvalue weighted by Crippen LogP contribution is 2.21. The Labute approximate surface area is 111 Å².